The number of carboxylic acid groups (broad SMARTS) is 1. The molecule has 0 saturated carbocycles. The van der Waals surface area contributed by atoms with Crippen LogP contribution in [0.1, 0.15) is 23.0 Å². The van der Waals surface area contributed by atoms with Gasteiger partial charge in [-0.2, -0.15) is 0 Å². The first kappa shape index (κ1) is 16.4. The molecular weight excluding hydrogens is 274 g/mol. The summed E-state index contributed by atoms with van der Waals surface area (Å²) in [7, 11) is 0. The van der Waals surface area contributed by atoms with Gasteiger partial charge in [0, 0.05) is 12.1 Å². The molecule has 0 bridgehead atoms. The minimum absolute atomic E-state index is 0.266. The molecule has 1 unspecified atom stereocenters. The van der Waals surface area contributed by atoms with Gasteiger partial charge in [0.25, 0.3) is 5.56 Å². The van der Waals surface area contributed by atoms with Gasteiger partial charge in [-0.05, 0) is 18.9 Å². The number of hydrogen-bond acceptors (Lipinski definition) is 4. The summed E-state index contributed by atoms with van der Waals surface area (Å²) in [5, 5.41) is 8.31. The topological polar surface area (TPSA) is 129 Å². The summed E-state index contributed by atoms with van der Waals surface area (Å²) in [6, 6.07) is 11.4. The third kappa shape index (κ3) is 6.35. The van der Waals surface area contributed by atoms with Crippen molar-refractivity contribution >= 4 is 5.97 Å². The lowest BCUT2D eigenvalue weighted by Crippen LogP contribution is -2.24. The minimum Gasteiger partial charge on any atom is -0.477 e. The van der Waals surface area contributed by atoms with Crippen LogP contribution < -0.4 is 17.0 Å². The molecule has 1 atom stereocenters. The number of aromatic carboxylic acids is 1. The van der Waals surface area contributed by atoms with Gasteiger partial charge in [0.1, 0.15) is 5.69 Å². The number of nitrogens with two attached hydrogens (primary N) is 1. The summed E-state index contributed by atoms with van der Waals surface area (Å²) in [5.41, 5.74) is 4.97. The highest BCUT2D eigenvalue weighted by molar-refractivity contribution is 5.84. The van der Waals surface area contributed by atoms with E-state index < -0.39 is 22.9 Å². The number of aromatic nitrogens is 2. The largest absolute Gasteiger partial charge is 0.477 e. The predicted octanol–water partition coefficient (Wildman–Crippen LogP) is 0.338. The van der Waals surface area contributed by atoms with Crippen molar-refractivity contribution in [2.75, 3.05) is 0 Å². The van der Waals surface area contributed by atoms with E-state index in [4.69, 9.17) is 10.8 Å². The lowest BCUT2D eigenvalue weighted by Gasteiger charge is -2.02. The summed E-state index contributed by atoms with van der Waals surface area (Å²) in [5.74, 6) is -1.34. The monoisotopic (exact) mass is 291 g/mol. The number of H-pyrrole nitrogens is 2. The number of rotatable bonds is 3. The van der Waals surface area contributed by atoms with E-state index in [-0.39, 0.29) is 6.04 Å². The molecule has 1 aromatic carbocycles. The van der Waals surface area contributed by atoms with Crippen molar-refractivity contribution in [2.24, 2.45) is 5.73 Å². The zero-order valence-electron chi connectivity index (χ0n) is 11.5. The van der Waals surface area contributed by atoms with Gasteiger partial charge in [-0.25, -0.2) is 9.59 Å². The molecule has 2 aromatic rings. The van der Waals surface area contributed by atoms with Crippen LogP contribution >= 0.6 is 0 Å². The Morgan fingerprint density at radius 1 is 1.24 bits per heavy atom. The van der Waals surface area contributed by atoms with Crippen LogP contribution in [-0.2, 0) is 6.42 Å². The van der Waals surface area contributed by atoms with Gasteiger partial charge in [0.15, 0.2) is 0 Å². The normalized spacial score (nSPS) is 11.1. The van der Waals surface area contributed by atoms with Crippen LogP contribution in [0.25, 0.3) is 0 Å². The molecule has 0 amide bonds. The van der Waals surface area contributed by atoms with Crippen LogP contribution in [0.4, 0.5) is 0 Å². The predicted molar refractivity (Wildman–Crippen MR) is 78.4 cm³/mol. The highest BCUT2D eigenvalue weighted by Crippen LogP contribution is 2.00. The highest BCUT2D eigenvalue weighted by Gasteiger charge is 2.03. The van der Waals surface area contributed by atoms with Crippen LogP contribution in [0.3, 0.4) is 0 Å². The number of carbonyl (C=O) groups is 1. The zero-order valence-corrected chi connectivity index (χ0v) is 11.5. The zero-order chi connectivity index (χ0) is 15.8. The van der Waals surface area contributed by atoms with Crippen LogP contribution in [0.2, 0.25) is 0 Å². The first-order valence-corrected chi connectivity index (χ1v) is 6.25. The Hall–Kier alpha value is -2.67. The molecule has 0 fully saturated rings. The maximum absolute atomic E-state index is 10.5. The van der Waals surface area contributed by atoms with E-state index in [2.05, 4.69) is 12.1 Å². The van der Waals surface area contributed by atoms with Gasteiger partial charge in [0.2, 0.25) is 0 Å². The molecule has 0 aliphatic carbocycles. The number of nitrogens with one attached hydrogen (secondary N) is 2. The summed E-state index contributed by atoms with van der Waals surface area (Å²) in [6.07, 6.45) is 0.973. The first-order valence-electron chi connectivity index (χ1n) is 6.25. The van der Waals surface area contributed by atoms with Crippen LogP contribution in [0.5, 0.6) is 0 Å². The Bertz CT molecular complexity index is 661. The van der Waals surface area contributed by atoms with E-state index in [1.54, 1.807) is 0 Å². The Morgan fingerprint density at radius 2 is 1.86 bits per heavy atom. The number of aromatic amines is 2. The molecule has 5 N–H and O–H groups in total. The minimum atomic E-state index is -1.34. The summed E-state index contributed by atoms with van der Waals surface area (Å²) >= 11 is 0. The third-order valence-corrected chi connectivity index (χ3v) is 2.39. The van der Waals surface area contributed by atoms with Crippen LogP contribution in [0, 0.1) is 0 Å². The lowest BCUT2D eigenvalue weighted by molar-refractivity contribution is 0.0689. The Kier molecular flexibility index (Phi) is 6.09. The van der Waals surface area contributed by atoms with Gasteiger partial charge < -0.3 is 15.8 Å². The van der Waals surface area contributed by atoms with E-state index in [1.165, 1.54) is 5.56 Å². The smallest absolute Gasteiger partial charge is 0.352 e. The maximum atomic E-state index is 10.5. The van der Waals surface area contributed by atoms with Crippen molar-refractivity contribution in [3.63, 3.8) is 0 Å². The average Bonchev–Trinajstić information content (AvgIpc) is 2.38. The van der Waals surface area contributed by atoms with E-state index in [9.17, 15) is 14.4 Å². The van der Waals surface area contributed by atoms with Crippen LogP contribution in [0.15, 0.2) is 46.0 Å². The summed E-state index contributed by atoms with van der Waals surface area (Å²) < 4.78 is 0. The molecule has 0 saturated heterocycles. The molecule has 0 radical (unpaired) electrons. The number of hydrogen-bond donors (Lipinski definition) is 4. The van der Waals surface area contributed by atoms with Gasteiger partial charge in [-0.15, -0.1) is 0 Å². The van der Waals surface area contributed by atoms with Gasteiger partial charge in [-0.3, -0.25) is 9.78 Å². The maximum Gasteiger partial charge on any atom is 0.352 e. The molecule has 1 heterocycles. The fourth-order valence-electron chi connectivity index (χ4n) is 1.57. The lowest BCUT2D eigenvalue weighted by atomic mass is 10.1. The first-order chi connectivity index (χ1) is 9.88. The second-order valence-corrected chi connectivity index (χ2v) is 4.47. The van der Waals surface area contributed by atoms with Crippen molar-refractivity contribution < 1.29 is 9.90 Å². The summed E-state index contributed by atoms with van der Waals surface area (Å²) in [4.78, 5) is 34.9. The van der Waals surface area contributed by atoms with Crippen molar-refractivity contribution in [1.29, 1.82) is 0 Å². The molecule has 112 valence electrons. The Balaban J connectivity index is 0.000000211. The summed E-state index contributed by atoms with van der Waals surface area (Å²) in [6.45, 7) is 2.02. The molecule has 0 spiro atoms. The van der Waals surface area contributed by atoms with Crippen LogP contribution in [-0.4, -0.2) is 27.1 Å². The van der Waals surface area contributed by atoms with Crippen molar-refractivity contribution in [1.82, 2.24) is 9.97 Å². The van der Waals surface area contributed by atoms with E-state index in [0.717, 1.165) is 12.5 Å². The van der Waals surface area contributed by atoms with Gasteiger partial charge in [-0.1, -0.05) is 30.3 Å². The number of carboxylic acids is 1. The molecule has 7 heteroatoms. The van der Waals surface area contributed by atoms with Crippen molar-refractivity contribution in [3.8, 4) is 0 Å². The molecular formula is C14H17N3O4. The molecule has 1 aromatic heterocycles. The number of benzene rings is 1. The second-order valence-electron chi connectivity index (χ2n) is 4.47. The fraction of sp³-hybridized carbons (Fsp3) is 0.214. The molecule has 0 aliphatic rings. The standard InChI is InChI=1S/C9H13N.C5H4N2O4/c1-8(10)7-9-5-3-2-4-6-9;8-3-1-2(4(9)10)6-5(11)7-3/h2-6,8H,7,10H2,1H3;1H,(H,9,10)(H2,6,7,8,11). The van der Waals surface area contributed by atoms with Gasteiger partial charge >= 0.3 is 11.7 Å². The molecule has 21 heavy (non-hydrogen) atoms. The quantitative estimate of drug-likeness (QED) is 0.648. The Labute approximate surface area is 120 Å². The molecule has 7 nitrogen and oxygen atoms in total. The Morgan fingerprint density at radius 3 is 2.33 bits per heavy atom. The van der Waals surface area contributed by atoms with E-state index >= 15 is 0 Å². The fourth-order valence-corrected chi connectivity index (χ4v) is 1.57. The van der Waals surface area contributed by atoms with Crippen molar-refractivity contribution in [3.05, 3.63) is 68.5 Å². The van der Waals surface area contributed by atoms with Gasteiger partial charge in [0.05, 0.1) is 0 Å². The molecule has 2 rings (SSSR count). The third-order valence-electron chi connectivity index (χ3n) is 2.39. The second kappa shape index (κ2) is 7.81. The van der Waals surface area contributed by atoms with E-state index in [0.29, 0.717) is 0 Å². The average molecular weight is 291 g/mol. The van der Waals surface area contributed by atoms with Crippen molar-refractivity contribution in [2.45, 2.75) is 19.4 Å². The SMILES string of the molecule is CC(N)Cc1ccccc1.O=C(O)c1cc(=O)[nH]c(=O)[nH]1. The van der Waals surface area contributed by atoms with E-state index in [1.807, 2.05) is 35.1 Å². The molecule has 0 aliphatic heterocycles. The highest BCUT2D eigenvalue weighted by atomic mass is 16.4.